The van der Waals surface area contributed by atoms with E-state index in [1.165, 1.54) is 7.11 Å². The normalized spacial score (nSPS) is 10.2. The second-order valence-electron chi connectivity index (χ2n) is 4.41. The van der Waals surface area contributed by atoms with E-state index in [4.69, 9.17) is 0 Å². The van der Waals surface area contributed by atoms with Gasteiger partial charge in [0.15, 0.2) is 0 Å². The zero-order valence-electron chi connectivity index (χ0n) is 12.3. The first kappa shape index (κ1) is 17.3. The van der Waals surface area contributed by atoms with Crippen molar-refractivity contribution in [1.29, 1.82) is 0 Å². The molecule has 0 bridgehead atoms. The molecule has 0 aromatic heterocycles. The van der Waals surface area contributed by atoms with Gasteiger partial charge in [-0.25, -0.2) is 0 Å². The number of hydrogen-bond acceptors (Lipinski definition) is 6. The summed E-state index contributed by atoms with van der Waals surface area (Å²) in [5.74, 6) is 1.02. The summed E-state index contributed by atoms with van der Waals surface area (Å²) in [6.07, 6.45) is 1.25. The van der Waals surface area contributed by atoms with E-state index in [0.717, 1.165) is 12.0 Å². The predicted molar refractivity (Wildman–Crippen MR) is 84.7 cm³/mol. The van der Waals surface area contributed by atoms with Gasteiger partial charge in [0.25, 0.3) is 5.69 Å². The maximum atomic E-state index is 11.1. The molecular weight excluding hydrogens is 292 g/mol. The molecule has 0 saturated carbocycles. The van der Waals surface area contributed by atoms with Crippen LogP contribution < -0.4 is 5.32 Å². The lowest BCUT2D eigenvalue weighted by Gasteiger charge is -2.08. The zero-order chi connectivity index (χ0) is 15.7. The summed E-state index contributed by atoms with van der Waals surface area (Å²) in [4.78, 5) is 21.7. The fourth-order valence-electron chi connectivity index (χ4n) is 1.67. The number of rotatable bonds is 9. The second kappa shape index (κ2) is 9.23. The summed E-state index contributed by atoms with van der Waals surface area (Å²) < 4.78 is 4.56. The summed E-state index contributed by atoms with van der Waals surface area (Å²) in [7, 11) is 1.36. The Morgan fingerprint density at radius 3 is 2.86 bits per heavy atom. The molecule has 0 fully saturated rings. The number of esters is 1. The molecule has 1 N–H and O–H groups in total. The van der Waals surface area contributed by atoms with Gasteiger partial charge in [-0.05, 0) is 18.1 Å². The number of nitrogens with zero attached hydrogens (tertiary/aromatic N) is 1. The van der Waals surface area contributed by atoms with Crippen LogP contribution in [-0.4, -0.2) is 30.3 Å². The molecule has 0 saturated heterocycles. The van der Waals surface area contributed by atoms with Crippen LogP contribution in [0.3, 0.4) is 0 Å². The first-order chi connectivity index (χ1) is 10.1. The average molecular weight is 312 g/mol. The molecule has 0 heterocycles. The van der Waals surface area contributed by atoms with Gasteiger partial charge in [-0.1, -0.05) is 13.0 Å². The fourth-order valence-corrected chi connectivity index (χ4v) is 2.55. The second-order valence-corrected chi connectivity index (χ2v) is 5.52. The third-order valence-electron chi connectivity index (χ3n) is 2.77. The topological polar surface area (TPSA) is 81.5 Å². The summed E-state index contributed by atoms with van der Waals surface area (Å²) in [6.45, 7) is 2.71. The van der Waals surface area contributed by atoms with Gasteiger partial charge in [-0.15, -0.1) is 0 Å². The van der Waals surface area contributed by atoms with Crippen molar-refractivity contribution < 1.29 is 14.5 Å². The lowest BCUT2D eigenvalue weighted by Crippen LogP contribution is -2.04. The smallest absolute Gasteiger partial charge is 0.306 e. The molecular formula is C14H20N2O4S. The van der Waals surface area contributed by atoms with E-state index in [9.17, 15) is 14.9 Å². The molecule has 0 radical (unpaired) electrons. The van der Waals surface area contributed by atoms with E-state index >= 15 is 0 Å². The quantitative estimate of drug-likeness (QED) is 0.326. The Bertz CT molecular complexity index is 494. The Hall–Kier alpha value is -1.76. The average Bonchev–Trinajstić information content (AvgIpc) is 2.49. The molecule has 0 unspecified atom stereocenters. The molecule has 7 heteroatoms. The van der Waals surface area contributed by atoms with Crippen molar-refractivity contribution in [2.75, 3.05) is 24.7 Å². The van der Waals surface area contributed by atoms with Gasteiger partial charge in [0.2, 0.25) is 0 Å². The highest BCUT2D eigenvalue weighted by Gasteiger charge is 2.14. The molecule has 0 atom stereocenters. The molecule has 1 rings (SSSR count). The number of thioether (sulfide) groups is 1. The standard InChI is InChI=1S/C14H20N2O4S/c1-3-7-15-12-5-4-11(9-13(12)16(18)19)10-21-8-6-14(17)20-2/h4-5,9,15H,3,6-8,10H2,1-2H3. The third-order valence-corrected chi connectivity index (χ3v) is 3.80. The van der Waals surface area contributed by atoms with Crippen LogP contribution in [0, 0.1) is 10.1 Å². The van der Waals surface area contributed by atoms with Gasteiger partial charge in [-0.3, -0.25) is 14.9 Å². The SMILES string of the molecule is CCCNc1ccc(CSCCC(=O)OC)cc1[N+](=O)[O-]. The Labute approximate surface area is 128 Å². The van der Waals surface area contributed by atoms with E-state index in [1.807, 2.05) is 13.0 Å². The van der Waals surface area contributed by atoms with Crippen LogP contribution in [0.5, 0.6) is 0 Å². The van der Waals surface area contributed by atoms with Gasteiger partial charge >= 0.3 is 5.97 Å². The number of methoxy groups -OCH3 is 1. The highest BCUT2D eigenvalue weighted by atomic mass is 32.2. The van der Waals surface area contributed by atoms with Gasteiger partial charge < -0.3 is 10.1 Å². The number of anilines is 1. The van der Waals surface area contributed by atoms with E-state index in [2.05, 4.69) is 10.1 Å². The molecule has 0 amide bonds. The Morgan fingerprint density at radius 2 is 2.24 bits per heavy atom. The molecule has 1 aromatic carbocycles. The van der Waals surface area contributed by atoms with E-state index < -0.39 is 0 Å². The molecule has 0 aliphatic rings. The lowest BCUT2D eigenvalue weighted by atomic mass is 10.2. The molecule has 0 spiro atoms. The minimum atomic E-state index is -0.374. The highest BCUT2D eigenvalue weighted by Crippen LogP contribution is 2.27. The molecule has 1 aromatic rings. The van der Waals surface area contributed by atoms with Crippen molar-refractivity contribution in [1.82, 2.24) is 0 Å². The number of hydrogen-bond donors (Lipinski definition) is 1. The number of carbonyl (C=O) groups excluding carboxylic acids is 1. The summed E-state index contributed by atoms with van der Waals surface area (Å²) >= 11 is 1.55. The van der Waals surface area contributed by atoms with E-state index in [1.54, 1.807) is 23.9 Å². The maximum Gasteiger partial charge on any atom is 0.306 e. The maximum absolute atomic E-state index is 11.1. The van der Waals surface area contributed by atoms with Crippen LogP contribution in [0.15, 0.2) is 18.2 Å². The van der Waals surface area contributed by atoms with Crippen molar-refractivity contribution in [2.45, 2.75) is 25.5 Å². The molecule has 21 heavy (non-hydrogen) atoms. The fraction of sp³-hybridized carbons (Fsp3) is 0.500. The van der Waals surface area contributed by atoms with Crippen LogP contribution in [0.4, 0.5) is 11.4 Å². The third kappa shape index (κ3) is 6.03. The number of ether oxygens (including phenoxy) is 1. The molecule has 0 aliphatic carbocycles. The molecule has 6 nitrogen and oxygen atoms in total. The van der Waals surface area contributed by atoms with Crippen LogP contribution in [0.2, 0.25) is 0 Å². The van der Waals surface area contributed by atoms with Crippen molar-refractivity contribution in [2.24, 2.45) is 0 Å². The van der Waals surface area contributed by atoms with Crippen molar-refractivity contribution in [3.8, 4) is 0 Å². The van der Waals surface area contributed by atoms with Crippen molar-refractivity contribution in [3.05, 3.63) is 33.9 Å². The number of benzene rings is 1. The lowest BCUT2D eigenvalue weighted by molar-refractivity contribution is -0.384. The van der Waals surface area contributed by atoms with Gasteiger partial charge in [-0.2, -0.15) is 11.8 Å². The first-order valence-electron chi connectivity index (χ1n) is 6.74. The van der Waals surface area contributed by atoms with Gasteiger partial charge in [0.05, 0.1) is 18.5 Å². The number of nitro benzene ring substituents is 1. The minimum Gasteiger partial charge on any atom is -0.469 e. The highest BCUT2D eigenvalue weighted by molar-refractivity contribution is 7.98. The zero-order valence-corrected chi connectivity index (χ0v) is 13.1. The van der Waals surface area contributed by atoms with Gasteiger partial charge in [0.1, 0.15) is 5.69 Å². The van der Waals surface area contributed by atoms with Crippen LogP contribution in [-0.2, 0) is 15.3 Å². The van der Waals surface area contributed by atoms with Crippen LogP contribution in [0.25, 0.3) is 0 Å². The first-order valence-corrected chi connectivity index (χ1v) is 7.89. The Morgan fingerprint density at radius 1 is 1.48 bits per heavy atom. The van der Waals surface area contributed by atoms with Crippen molar-refractivity contribution in [3.63, 3.8) is 0 Å². The molecule has 116 valence electrons. The van der Waals surface area contributed by atoms with Crippen molar-refractivity contribution >= 4 is 29.1 Å². The Kier molecular flexibility index (Phi) is 7.60. The van der Waals surface area contributed by atoms with Crippen LogP contribution >= 0.6 is 11.8 Å². The largest absolute Gasteiger partial charge is 0.469 e. The summed E-state index contributed by atoms with van der Waals surface area (Å²) in [5.41, 5.74) is 1.51. The molecule has 0 aliphatic heterocycles. The number of nitrogens with one attached hydrogen (secondary N) is 1. The van der Waals surface area contributed by atoms with Crippen LogP contribution in [0.1, 0.15) is 25.3 Å². The summed E-state index contributed by atoms with van der Waals surface area (Å²) in [5, 5.41) is 14.1. The Balaban J connectivity index is 2.61. The predicted octanol–water partition coefficient (Wildman–Crippen LogP) is 3.21. The van der Waals surface area contributed by atoms with E-state index in [0.29, 0.717) is 30.2 Å². The number of nitro groups is 1. The summed E-state index contributed by atoms with van der Waals surface area (Å²) in [6, 6.07) is 5.20. The number of carbonyl (C=O) groups is 1. The monoisotopic (exact) mass is 312 g/mol. The van der Waals surface area contributed by atoms with Gasteiger partial charge in [0, 0.05) is 24.1 Å². The van der Waals surface area contributed by atoms with E-state index in [-0.39, 0.29) is 16.6 Å². The minimum absolute atomic E-state index is 0.0921.